The van der Waals surface area contributed by atoms with Crippen LogP contribution in [0.3, 0.4) is 0 Å². The van der Waals surface area contributed by atoms with Crippen molar-refractivity contribution in [2.24, 2.45) is 0 Å². The molecule has 134 valence electrons. The molecule has 1 aliphatic rings. The Kier molecular flexibility index (Phi) is 6.71. The smallest absolute Gasteiger partial charge is 0.00507 e. The van der Waals surface area contributed by atoms with Gasteiger partial charge in [-0.25, -0.2) is 0 Å². The molecule has 0 nitrogen and oxygen atoms in total. The Balaban J connectivity index is 1.91. The molecule has 0 aromatic heterocycles. The average molecular weight is 370 g/mol. The molecule has 0 bridgehead atoms. The third-order valence-corrected chi connectivity index (χ3v) is 13.5. The summed E-state index contributed by atoms with van der Waals surface area (Å²) in [7, 11) is 0.105. The lowest BCUT2D eigenvalue weighted by Gasteiger charge is -2.34. The van der Waals surface area contributed by atoms with Gasteiger partial charge in [0.05, 0.1) is 0 Å². The van der Waals surface area contributed by atoms with Crippen LogP contribution in [0.25, 0.3) is 0 Å². The zero-order valence-corrected chi connectivity index (χ0v) is 17.9. The minimum atomic E-state index is 0.000000000000000444. The second kappa shape index (κ2) is 8.79. The molecule has 0 amide bonds. The van der Waals surface area contributed by atoms with Crippen molar-refractivity contribution in [1.29, 1.82) is 0 Å². The van der Waals surface area contributed by atoms with Gasteiger partial charge < -0.3 is 0 Å². The van der Waals surface area contributed by atoms with E-state index in [1.54, 1.807) is 11.1 Å². The van der Waals surface area contributed by atoms with Gasteiger partial charge in [0.1, 0.15) is 0 Å². The van der Waals surface area contributed by atoms with Gasteiger partial charge in [-0.2, -0.15) is 0 Å². The van der Waals surface area contributed by atoms with Crippen LogP contribution < -0.4 is 0 Å². The summed E-state index contributed by atoms with van der Waals surface area (Å²) in [5, 5.41) is 0. The van der Waals surface area contributed by atoms with Gasteiger partial charge >= 0.3 is 0 Å². The maximum absolute atomic E-state index is 2.45. The van der Waals surface area contributed by atoms with Gasteiger partial charge in [0.2, 0.25) is 0 Å². The number of hydrogen-bond acceptors (Lipinski definition) is 0. The summed E-state index contributed by atoms with van der Waals surface area (Å²) in [6.45, 7) is 9.80. The van der Waals surface area contributed by atoms with Gasteiger partial charge in [0, 0.05) is 11.3 Å². The molecule has 0 N–H and O–H groups in total. The van der Waals surface area contributed by atoms with Gasteiger partial charge in [-0.05, 0) is 41.2 Å². The van der Waals surface area contributed by atoms with E-state index in [1.807, 2.05) is 0 Å². The molecule has 25 heavy (non-hydrogen) atoms. The topological polar surface area (TPSA) is 0 Å². The van der Waals surface area contributed by atoms with Crippen molar-refractivity contribution in [2.45, 2.75) is 63.2 Å². The second-order valence-corrected chi connectivity index (χ2v) is 14.3. The van der Waals surface area contributed by atoms with E-state index in [9.17, 15) is 0 Å². The van der Waals surface area contributed by atoms with Crippen molar-refractivity contribution < 1.29 is 0 Å². The van der Waals surface area contributed by atoms with Crippen molar-refractivity contribution in [3.8, 4) is 0 Å². The van der Waals surface area contributed by atoms with E-state index in [1.165, 1.54) is 18.7 Å². The largest absolute Gasteiger partial charge is 0.0970 e. The fourth-order valence-corrected chi connectivity index (χ4v) is 13.6. The van der Waals surface area contributed by atoms with Crippen LogP contribution in [-0.2, 0) is 0 Å². The number of rotatable bonds is 6. The molecule has 1 heterocycles. The molecular formula is C23H32P2. The lowest BCUT2D eigenvalue weighted by Crippen LogP contribution is -2.08. The Morgan fingerprint density at radius 3 is 1.52 bits per heavy atom. The predicted octanol–water partition coefficient (Wildman–Crippen LogP) is 8.00. The summed E-state index contributed by atoms with van der Waals surface area (Å²) >= 11 is 0. The molecule has 1 aliphatic heterocycles. The minimum absolute atomic E-state index is 0.000000000000000444. The van der Waals surface area contributed by atoms with Crippen molar-refractivity contribution in [3.05, 3.63) is 71.8 Å². The normalized spacial score (nSPS) is 21.6. The van der Waals surface area contributed by atoms with Crippen LogP contribution in [0.1, 0.15) is 63.0 Å². The molecule has 2 atom stereocenters. The zero-order valence-electron chi connectivity index (χ0n) is 16.1. The first kappa shape index (κ1) is 19.1. The van der Waals surface area contributed by atoms with E-state index in [0.717, 1.165) is 22.6 Å². The van der Waals surface area contributed by atoms with Crippen LogP contribution in [-0.4, -0.2) is 17.2 Å². The molecule has 0 spiro atoms. The van der Waals surface area contributed by atoms with Crippen LogP contribution >= 0.6 is 15.8 Å². The Bertz CT molecular complexity index is 580. The van der Waals surface area contributed by atoms with Gasteiger partial charge in [-0.15, -0.1) is 0 Å². The fourth-order valence-electron chi connectivity index (χ4n) is 4.24. The molecule has 2 aromatic carbocycles. The molecule has 2 heteroatoms. The molecule has 2 aromatic rings. The quantitative estimate of drug-likeness (QED) is 0.452. The zero-order chi connectivity index (χ0) is 17.8. The fraction of sp³-hybridized carbons (Fsp3) is 0.478. The summed E-state index contributed by atoms with van der Waals surface area (Å²) in [5.74, 6) is 1.49. The molecule has 0 unspecified atom stereocenters. The Morgan fingerprint density at radius 1 is 0.760 bits per heavy atom. The van der Waals surface area contributed by atoms with Crippen LogP contribution in [0.5, 0.6) is 0 Å². The van der Waals surface area contributed by atoms with Crippen molar-refractivity contribution in [1.82, 2.24) is 0 Å². The highest BCUT2D eigenvalue weighted by atomic mass is 31.2. The predicted molar refractivity (Wildman–Crippen MR) is 117 cm³/mol. The van der Waals surface area contributed by atoms with Crippen molar-refractivity contribution >= 4 is 15.8 Å². The summed E-state index contributed by atoms with van der Waals surface area (Å²) in [4.78, 5) is 0. The molecule has 0 aliphatic carbocycles. The first-order valence-corrected chi connectivity index (χ1v) is 13.0. The van der Waals surface area contributed by atoms with E-state index in [2.05, 4.69) is 88.4 Å². The summed E-state index contributed by atoms with van der Waals surface area (Å²) in [5.41, 5.74) is 6.45. The van der Waals surface area contributed by atoms with Gasteiger partial charge in [0.25, 0.3) is 0 Å². The van der Waals surface area contributed by atoms with Crippen molar-refractivity contribution in [2.75, 3.05) is 5.90 Å². The third kappa shape index (κ3) is 4.53. The second-order valence-electron chi connectivity index (χ2n) is 7.79. The third-order valence-electron chi connectivity index (χ3n) is 5.54. The SMILES string of the molecule is CC(C)P(CP1[C@@H](c2ccccc2)CC[C@@H]1c1ccccc1)C(C)C. The Hall–Kier alpha value is -0.700. The van der Waals surface area contributed by atoms with Crippen LogP contribution in [0.15, 0.2) is 60.7 Å². The van der Waals surface area contributed by atoms with Crippen LogP contribution in [0.4, 0.5) is 0 Å². The lowest BCUT2D eigenvalue weighted by molar-refractivity contribution is 0.765. The first-order chi connectivity index (χ1) is 12.1. The van der Waals surface area contributed by atoms with E-state index in [0.29, 0.717) is 0 Å². The van der Waals surface area contributed by atoms with E-state index in [4.69, 9.17) is 0 Å². The molecule has 3 rings (SSSR count). The Morgan fingerprint density at radius 2 is 1.16 bits per heavy atom. The molecule has 1 fully saturated rings. The van der Waals surface area contributed by atoms with Gasteiger partial charge in [0.15, 0.2) is 0 Å². The van der Waals surface area contributed by atoms with E-state index >= 15 is 0 Å². The monoisotopic (exact) mass is 370 g/mol. The average Bonchev–Trinajstić information content (AvgIpc) is 3.04. The highest BCUT2D eigenvalue weighted by Gasteiger charge is 2.39. The molecule has 0 saturated carbocycles. The highest BCUT2D eigenvalue weighted by molar-refractivity contribution is 7.75. The summed E-state index contributed by atoms with van der Waals surface area (Å²) in [6, 6.07) is 22.7. The van der Waals surface area contributed by atoms with E-state index < -0.39 is 0 Å². The first-order valence-electron chi connectivity index (χ1n) is 9.69. The molecule has 1 saturated heterocycles. The van der Waals surface area contributed by atoms with E-state index in [-0.39, 0.29) is 15.8 Å². The van der Waals surface area contributed by atoms with Crippen LogP contribution in [0.2, 0.25) is 0 Å². The highest BCUT2D eigenvalue weighted by Crippen LogP contribution is 2.74. The van der Waals surface area contributed by atoms with Gasteiger partial charge in [-0.1, -0.05) is 104 Å². The summed E-state index contributed by atoms with van der Waals surface area (Å²) < 4.78 is 0. The minimum Gasteiger partial charge on any atom is -0.0970 e. The standard InChI is InChI=1S/C23H32P2/c1-18(2)24(19(3)4)17-25-22(20-11-7-5-8-12-20)15-16-23(25)21-13-9-6-10-14-21/h5-14,18-19,22-23H,15-17H2,1-4H3/t22-,23-/m1/s1. The number of hydrogen-bond donors (Lipinski definition) is 0. The molecular weight excluding hydrogens is 338 g/mol. The maximum Gasteiger partial charge on any atom is 0.00507 e. The number of benzene rings is 2. The Labute approximate surface area is 156 Å². The van der Waals surface area contributed by atoms with Crippen LogP contribution in [0, 0.1) is 0 Å². The van der Waals surface area contributed by atoms with Gasteiger partial charge in [-0.3, -0.25) is 0 Å². The summed E-state index contributed by atoms with van der Waals surface area (Å²) in [6.07, 6.45) is 2.74. The maximum atomic E-state index is 2.45. The van der Waals surface area contributed by atoms with Crippen molar-refractivity contribution in [3.63, 3.8) is 0 Å². The lowest BCUT2D eigenvalue weighted by atomic mass is 10.0. The molecule has 0 radical (unpaired) electrons.